The van der Waals surface area contributed by atoms with E-state index in [4.69, 9.17) is 14.2 Å². The molecule has 0 aromatic heterocycles. The molecule has 0 aliphatic carbocycles. The van der Waals surface area contributed by atoms with Gasteiger partial charge in [-0.15, -0.1) is 0 Å². The lowest BCUT2D eigenvalue weighted by atomic mass is 10.1. The summed E-state index contributed by atoms with van der Waals surface area (Å²) < 4.78 is 16.5. The van der Waals surface area contributed by atoms with E-state index in [-0.39, 0.29) is 30.6 Å². The number of carbonyl (C=O) groups excluding carboxylic acids is 2. The van der Waals surface area contributed by atoms with Gasteiger partial charge < -0.3 is 19.1 Å². The Balaban J connectivity index is 1.63. The van der Waals surface area contributed by atoms with E-state index >= 15 is 0 Å². The third-order valence-electron chi connectivity index (χ3n) is 5.21. The molecule has 1 aliphatic heterocycles. The predicted molar refractivity (Wildman–Crippen MR) is 115 cm³/mol. The Hall–Kier alpha value is -2.60. The second kappa shape index (κ2) is 9.47. The van der Waals surface area contributed by atoms with Gasteiger partial charge in [-0.3, -0.25) is 4.79 Å². The van der Waals surface area contributed by atoms with Gasteiger partial charge in [-0.2, -0.15) is 0 Å². The summed E-state index contributed by atoms with van der Waals surface area (Å²) in [7, 11) is 1.37. The fourth-order valence-electron chi connectivity index (χ4n) is 3.74. The fraction of sp³-hybridized carbons (Fsp3) is 0.500. The Labute approximate surface area is 178 Å². The summed E-state index contributed by atoms with van der Waals surface area (Å²) in [4.78, 5) is 26.0. The fourth-order valence-corrected chi connectivity index (χ4v) is 3.74. The van der Waals surface area contributed by atoms with Crippen LogP contribution >= 0.6 is 0 Å². The molecule has 162 valence electrons. The van der Waals surface area contributed by atoms with E-state index in [1.165, 1.54) is 17.9 Å². The number of hydrogen-bond acceptors (Lipinski definition) is 5. The molecule has 6 heteroatoms. The molecular weight excluding hydrogens is 382 g/mol. The number of benzene rings is 2. The third-order valence-corrected chi connectivity index (χ3v) is 5.21. The highest BCUT2D eigenvalue weighted by Crippen LogP contribution is 2.27. The van der Waals surface area contributed by atoms with Crippen molar-refractivity contribution < 1.29 is 23.8 Å². The predicted octanol–water partition coefficient (Wildman–Crippen LogP) is 4.69. The molecule has 1 fully saturated rings. The highest BCUT2D eigenvalue weighted by Gasteiger charge is 2.38. The summed E-state index contributed by atoms with van der Waals surface area (Å²) in [5.74, 6) is -0.278. The Morgan fingerprint density at radius 1 is 1.10 bits per heavy atom. The maximum absolute atomic E-state index is 12.7. The molecule has 2 aromatic carbocycles. The van der Waals surface area contributed by atoms with Crippen LogP contribution in [0.3, 0.4) is 0 Å². The summed E-state index contributed by atoms with van der Waals surface area (Å²) >= 11 is 0. The molecule has 1 heterocycles. The first kappa shape index (κ1) is 22.1. The van der Waals surface area contributed by atoms with Crippen molar-refractivity contribution in [1.82, 2.24) is 4.90 Å². The molecule has 3 rings (SSSR count). The van der Waals surface area contributed by atoms with Gasteiger partial charge in [-0.05, 0) is 56.0 Å². The van der Waals surface area contributed by atoms with Crippen molar-refractivity contribution in [2.24, 2.45) is 0 Å². The summed E-state index contributed by atoms with van der Waals surface area (Å²) in [6, 6.07) is 14.4. The first-order valence-electron chi connectivity index (χ1n) is 10.4. The number of hydrogen-bond donors (Lipinski definition) is 0. The van der Waals surface area contributed by atoms with Gasteiger partial charge >= 0.3 is 12.1 Å². The maximum Gasteiger partial charge on any atom is 0.410 e. The van der Waals surface area contributed by atoms with Crippen LogP contribution in [-0.2, 0) is 25.6 Å². The third kappa shape index (κ3) is 5.95. The van der Waals surface area contributed by atoms with Crippen LogP contribution < -0.4 is 0 Å². The molecule has 0 spiro atoms. The van der Waals surface area contributed by atoms with E-state index in [0.29, 0.717) is 26.0 Å². The van der Waals surface area contributed by atoms with Crippen molar-refractivity contribution in [2.75, 3.05) is 13.7 Å². The topological polar surface area (TPSA) is 65.1 Å². The van der Waals surface area contributed by atoms with Crippen LogP contribution in [0, 0.1) is 0 Å². The molecule has 0 unspecified atom stereocenters. The summed E-state index contributed by atoms with van der Waals surface area (Å²) in [5.41, 5.74) is 0.518. The summed E-state index contributed by atoms with van der Waals surface area (Å²) in [6.45, 7) is 6.46. The Kier molecular flexibility index (Phi) is 6.98. The lowest BCUT2D eigenvalue weighted by Crippen LogP contribution is -2.40. The summed E-state index contributed by atoms with van der Waals surface area (Å²) in [6.07, 6.45) is 0.990. The first-order valence-corrected chi connectivity index (χ1v) is 10.4. The van der Waals surface area contributed by atoms with Gasteiger partial charge in [0.15, 0.2) is 0 Å². The number of likely N-dealkylation sites (tertiary alicyclic amines) is 1. The average molecular weight is 414 g/mol. The van der Waals surface area contributed by atoms with Crippen molar-refractivity contribution in [3.8, 4) is 0 Å². The minimum Gasteiger partial charge on any atom is -0.469 e. The van der Waals surface area contributed by atoms with Crippen LogP contribution in [0.2, 0.25) is 0 Å². The zero-order valence-electron chi connectivity index (χ0n) is 18.2. The van der Waals surface area contributed by atoms with Crippen molar-refractivity contribution in [1.29, 1.82) is 0 Å². The van der Waals surface area contributed by atoms with Gasteiger partial charge in [-0.1, -0.05) is 36.4 Å². The molecule has 6 nitrogen and oxygen atoms in total. The van der Waals surface area contributed by atoms with Gasteiger partial charge in [0.2, 0.25) is 0 Å². The van der Waals surface area contributed by atoms with Gasteiger partial charge in [0.05, 0.1) is 26.4 Å². The molecule has 2 atom stereocenters. The monoisotopic (exact) mass is 413 g/mol. The molecular formula is C24H31NO5. The molecule has 1 aliphatic rings. The summed E-state index contributed by atoms with van der Waals surface area (Å²) in [5, 5.41) is 2.37. The van der Waals surface area contributed by atoms with Crippen molar-refractivity contribution in [3.63, 3.8) is 0 Å². The van der Waals surface area contributed by atoms with E-state index in [9.17, 15) is 9.59 Å². The molecule has 0 bridgehead atoms. The average Bonchev–Trinajstić information content (AvgIpc) is 3.12. The van der Waals surface area contributed by atoms with Gasteiger partial charge in [0.25, 0.3) is 0 Å². The zero-order valence-corrected chi connectivity index (χ0v) is 18.2. The maximum atomic E-state index is 12.7. The van der Waals surface area contributed by atoms with Crippen molar-refractivity contribution in [2.45, 2.75) is 64.4 Å². The molecule has 0 radical (unpaired) electrons. The van der Waals surface area contributed by atoms with Gasteiger partial charge in [0.1, 0.15) is 5.60 Å². The van der Waals surface area contributed by atoms with E-state index in [1.807, 2.05) is 32.9 Å². The van der Waals surface area contributed by atoms with Crippen LogP contribution in [-0.4, -0.2) is 48.4 Å². The molecule has 2 aromatic rings. The minimum absolute atomic E-state index is 0.105. The number of methoxy groups -OCH3 is 1. The van der Waals surface area contributed by atoms with Gasteiger partial charge in [0, 0.05) is 12.5 Å². The number of esters is 1. The van der Waals surface area contributed by atoms with E-state index in [1.54, 1.807) is 4.90 Å². The van der Waals surface area contributed by atoms with Crippen LogP contribution in [0.5, 0.6) is 0 Å². The number of amides is 1. The molecule has 0 N–H and O–H groups in total. The number of rotatable bonds is 6. The Bertz CT molecular complexity index is 889. The van der Waals surface area contributed by atoms with Crippen LogP contribution in [0.1, 0.15) is 45.6 Å². The number of ether oxygens (including phenoxy) is 3. The quantitative estimate of drug-likeness (QED) is 0.643. The second-order valence-corrected chi connectivity index (χ2v) is 8.75. The first-order chi connectivity index (χ1) is 14.2. The largest absolute Gasteiger partial charge is 0.469 e. The Morgan fingerprint density at radius 3 is 2.53 bits per heavy atom. The highest BCUT2D eigenvalue weighted by atomic mass is 16.6. The number of fused-ring (bicyclic) bond motifs is 1. The minimum atomic E-state index is -0.575. The lowest BCUT2D eigenvalue weighted by molar-refractivity contribution is -0.141. The van der Waals surface area contributed by atoms with E-state index in [2.05, 4.69) is 30.3 Å². The molecule has 0 saturated carbocycles. The van der Waals surface area contributed by atoms with Gasteiger partial charge in [-0.25, -0.2) is 4.79 Å². The zero-order chi connectivity index (χ0) is 21.7. The SMILES string of the molecule is COC(=O)CC[C@H]1C[C@@H](OCc2ccc3ccccc3c2)CN1C(=O)OC(C)(C)C. The van der Waals surface area contributed by atoms with E-state index in [0.717, 1.165) is 5.56 Å². The number of carbonyl (C=O) groups is 2. The Morgan fingerprint density at radius 2 is 1.83 bits per heavy atom. The van der Waals surface area contributed by atoms with Crippen molar-refractivity contribution >= 4 is 22.8 Å². The second-order valence-electron chi connectivity index (χ2n) is 8.75. The molecule has 30 heavy (non-hydrogen) atoms. The lowest BCUT2D eigenvalue weighted by Gasteiger charge is -2.28. The van der Waals surface area contributed by atoms with Crippen LogP contribution in [0.4, 0.5) is 4.79 Å². The van der Waals surface area contributed by atoms with Crippen LogP contribution in [0.25, 0.3) is 10.8 Å². The molecule has 1 amide bonds. The smallest absolute Gasteiger partial charge is 0.410 e. The van der Waals surface area contributed by atoms with Crippen molar-refractivity contribution in [3.05, 3.63) is 48.0 Å². The highest BCUT2D eigenvalue weighted by molar-refractivity contribution is 5.82. The number of nitrogens with zero attached hydrogens (tertiary/aromatic N) is 1. The normalized spacial score (nSPS) is 19.1. The van der Waals surface area contributed by atoms with Crippen LogP contribution in [0.15, 0.2) is 42.5 Å². The van der Waals surface area contributed by atoms with E-state index < -0.39 is 5.60 Å². The standard InChI is InChI=1S/C24H31NO5/c1-24(2,3)30-23(27)25-15-21(14-20(25)11-12-22(26)28-4)29-16-17-9-10-18-7-5-6-8-19(18)13-17/h5-10,13,20-21H,11-12,14-16H2,1-4H3/t20-,21+/m0/s1. The molecule has 1 saturated heterocycles.